The molecule has 0 aliphatic carbocycles. The van der Waals surface area contributed by atoms with Crippen LogP contribution < -0.4 is 4.74 Å². The van der Waals surface area contributed by atoms with Gasteiger partial charge >= 0.3 is 13.8 Å². The second kappa shape index (κ2) is 5.85. The van der Waals surface area contributed by atoms with E-state index in [0.29, 0.717) is 5.56 Å². The molecule has 7 heteroatoms. The van der Waals surface area contributed by atoms with Gasteiger partial charge in [0.2, 0.25) is 0 Å². The predicted octanol–water partition coefficient (Wildman–Crippen LogP) is 2.59. The van der Waals surface area contributed by atoms with Crippen LogP contribution in [0.4, 0.5) is 0 Å². The highest BCUT2D eigenvalue weighted by Crippen LogP contribution is 2.38. The van der Waals surface area contributed by atoms with Gasteiger partial charge in [-0.1, -0.05) is 24.3 Å². The molecule has 0 fully saturated rings. The number of phosphoric acid groups is 1. The van der Waals surface area contributed by atoms with Crippen molar-refractivity contribution in [2.75, 3.05) is 7.11 Å². The smallest absolute Gasteiger partial charge is 0.497 e. The number of fused-ring (bicyclic) bond motifs is 1. The number of methoxy groups -OCH3 is 1. The van der Waals surface area contributed by atoms with Gasteiger partial charge in [-0.25, -0.2) is 4.57 Å². The van der Waals surface area contributed by atoms with Crippen LogP contribution in [0.1, 0.15) is 18.4 Å². The van der Waals surface area contributed by atoms with E-state index < -0.39 is 19.7 Å². The summed E-state index contributed by atoms with van der Waals surface area (Å²) >= 11 is 0. The van der Waals surface area contributed by atoms with Gasteiger partial charge in [-0.05, 0) is 35.4 Å². The molecule has 112 valence electrons. The highest BCUT2D eigenvalue weighted by Gasteiger charge is 2.26. The van der Waals surface area contributed by atoms with E-state index >= 15 is 0 Å². The molecule has 0 aliphatic heterocycles. The summed E-state index contributed by atoms with van der Waals surface area (Å²) in [6.07, 6.45) is 0. The van der Waals surface area contributed by atoms with Gasteiger partial charge in [-0.2, -0.15) is 0 Å². The fraction of sp³-hybridized carbons (Fsp3) is 0.214. The standard InChI is InChI=1S/C14H15O6P/c1-9(14(15)20-21(16,17)18)10-3-4-12-8-13(19-2)6-5-11(12)7-10/h3-9H,1-2H3,(H2,16,17,18)/t9-/m0/s1. The second-order valence-corrected chi connectivity index (χ2v) is 5.76. The third-order valence-corrected chi connectivity index (χ3v) is 3.55. The normalized spacial score (nSPS) is 13.0. The lowest BCUT2D eigenvalue weighted by Crippen LogP contribution is -2.11. The highest BCUT2D eigenvalue weighted by molar-refractivity contribution is 7.46. The van der Waals surface area contributed by atoms with Gasteiger partial charge in [0.05, 0.1) is 13.0 Å². The Bertz CT molecular complexity index is 720. The second-order valence-electron chi connectivity index (χ2n) is 4.60. The molecule has 2 aromatic rings. The maximum atomic E-state index is 11.7. The molecule has 0 aromatic heterocycles. The minimum absolute atomic E-state index is 0.617. The Morgan fingerprint density at radius 3 is 2.38 bits per heavy atom. The zero-order chi connectivity index (χ0) is 15.6. The number of carbonyl (C=O) groups is 1. The summed E-state index contributed by atoms with van der Waals surface area (Å²) in [6, 6.07) is 10.8. The Kier molecular flexibility index (Phi) is 4.32. The van der Waals surface area contributed by atoms with Gasteiger partial charge in [0.15, 0.2) is 0 Å². The maximum Gasteiger partial charge on any atom is 0.527 e. The lowest BCUT2D eigenvalue weighted by Gasteiger charge is -2.13. The fourth-order valence-corrected chi connectivity index (χ4v) is 2.36. The van der Waals surface area contributed by atoms with E-state index in [1.807, 2.05) is 18.2 Å². The molecule has 2 aromatic carbocycles. The molecule has 0 bridgehead atoms. The third-order valence-electron chi connectivity index (χ3n) is 3.13. The molecule has 0 amide bonds. The number of carbonyl (C=O) groups excluding carboxylic acids is 1. The lowest BCUT2D eigenvalue weighted by atomic mass is 9.98. The van der Waals surface area contributed by atoms with E-state index in [0.717, 1.165) is 16.5 Å². The molecule has 0 heterocycles. The largest absolute Gasteiger partial charge is 0.527 e. The van der Waals surface area contributed by atoms with Crippen LogP contribution in [-0.2, 0) is 13.9 Å². The minimum Gasteiger partial charge on any atom is -0.497 e. The van der Waals surface area contributed by atoms with E-state index in [4.69, 9.17) is 14.5 Å². The van der Waals surface area contributed by atoms with E-state index in [-0.39, 0.29) is 0 Å². The van der Waals surface area contributed by atoms with E-state index in [1.54, 1.807) is 25.3 Å². The summed E-state index contributed by atoms with van der Waals surface area (Å²) < 4.78 is 19.9. The van der Waals surface area contributed by atoms with Crippen molar-refractivity contribution in [3.8, 4) is 5.75 Å². The number of hydrogen-bond donors (Lipinski definition) is 2. The summed E-state index contributed by atoms with van der Waals surface area (Å²) in [5.41, 5.74) is 0.617. The molecule has 21 heavy (non-hydrogen) atoms. The molecule has 0 radical (unpaired) electrons. The first kappa shape index (κ1) is 15.5. The van der Waals surface area contributed by atoms with Crippen LogP contribution in [0.15, 0.2) is 36.4 Å². The van der Waals surface area contributed by atoms with Gasteiger partial charge in [0, 0.05) is 0 Å². The summed E-state index contributed by atoms with van der Waals surface area (Å²) in [5, 5.41) is 1.83. The monoisotopic (exact) mass is 310 g/mol. The average Bonchev–Trinajstić information content (AvgIpc) is 2.43. The van der Waals surface area contributed by atoms with Crippen LogP contribution in [-0.4, -0.2) is 22.9 Å². The first-order valence-corrected chi connectivity index (χ1v) is 7.70. The number of benzene rings is 2. The van der Waals surface area contributed by atoms with Crippen molar-refractivity contribution in [1.82, 2.24) is 0 Å². The van der Waals surface area contributed by atoms with Crippen molar-refractivity contribution in [2.24, 2.45) is 0 Å². The van der Waals surface area contributed by atoms with Gasteiger partial charge < -0.3 is 9.26 Å². The Hall–Kier alpha value is -1.88. The Labute approximate surface area is 121 Å². The van der Waals surface area contributed by atoms with E-state index in [2.05, 4.69) is 4.52 Å². The zero-order valence-electron chi connectivity index (χ0n) is 11.5. The lowest BCUT2D eigenvalue weighted by molar-refractivity contribution is -0.137. The van der Waals surface area contributed by atoms with Crippen molar-refractivity contribution < 1.29 is 28.4 Å². The predicted molar refractivity (Wildman–Crippen MR) is 77.1 cm³/mol. The van der Waals surface area contributed by atoms with Crippen molar-refractivity contribution in [1.29, 1.82) is 0 Å². The summed E-state index contributed by atoms with van der Waals surface area (Å²) in [7, 11) is -3.24. The molecule has 0 aliphatic rings. The molecule has 6 nitrogen and oxygen atoms in total. The molecule has 0 saturated heterocycles. The van der Waals surface area contributed by atoms with Crippen LogP contribution in [0, 0.1) is 0 Å². The fourth-order valence-electron chi connectivity index (χ4n) is 1.97. The Morgan fingerprint density at radius 2 is 1.76 bits per heavy atom. The topological polar surface area (TPSA) is 93.1 Å². The van der Waals surface area contributed by atoms with Crippen LogP contribution in [0.3, 0.4) is 0 Å². The van der Waals surface area contributed by atoms with Crippen LogP contribution in [0.5, 0.6) is 5.75 Å². The molecule has 1 atom stereocenters. The van der Waals surface area contributed by atoms with Gasteiger partial charge in [-0.3, -0.25) is 14.6 Å². The van der Waals surface area contributed by atoms with Crippen molar-refractivity contribution in [2.45, 2.75) is 12.8 Å². The molecular weight excluding hydrogens is 295 g/mol. The van der Waals surface area contributed by atoms with Crippen molar-refractivity contribution in [3.63, 3.8) is 0 Å². The van der Waals surface area contributed by atoms with Crippen molar-refractivity contribution >= 4 is 24.6 Å². The maximum absolute atomic E-state index is 11.7. The quantitative estimate of drug-likeness (QED) is 0.843. The Morgan fingerprint density at radius 1 is 1.14 bits per heavy atom. The van der Waals surface area contributed by atoms with Gasteiger partial charge in [0.1, 0.15) is 5.75 Å². The first-order valence-electron chi connectivity index (χ1n) is 6.17. The third kappa shape index (κ3) is 3.82. The van der Waals surface area contributed by atoms with Crippen molar-refractivity contribution in [3.05, 3.63) is 42.0 Å². The van der Waals surface area contributed by atoms with Gasteiger partial charge in [0.25, 0.3) is 0 Å². The summed E-state index contributed by atoms with van der Waals surface area (Å²) in [4.78, 5) is 29.0. The highest BCUT2D eigenvalue weighted by atomic mass is 31.2. The molecular formula is C14H15O6P. The number of rotatable bonds is 4. The zero-order valence-corrected chi connectivity index (χ0v) is 12.4. The molecule has 2 rings (SSSR count). The van der Waals surface area contributed by atoms with Crippen LogP contribution >= 0.6 is 7.82 Å². The van der Waals surface area contributed by atoms with Crippen LogP contribution in [0.2, 0.25) is 0 Å². The van der Waals surface area contributed by atoms with E-state index in [1.165, 1.54) is 6.92 Å². The number of hydrogen-bond acceptors (Lipinski definition) is 4. The average molecular weight is 310 g/mol. The summed E-state index contributed by atoms with van der Waals surface area (Å²) in [6.45, 7) is 1.53. The Balaban J connectivity index is 2.30. The summed E-state index contributed by atoms with van der Waals surface area (Å²) in [5.74, 6) is -1.01. The molecule has 0 saturated carbocycles. The van der Waals surface area contributed by atoms with E-state index in [9.17, 15) is 9.36 Å². The molecule has 2 N–H and O–H groups in total. The number of phosphoric ester groups is 1. The minimum atomic E-state index is -4.82. The molecule has 0 unspecified atom stereocenters. The molecule has 0 spiro atoms. The van der Waals surface area contributed by atoms with Gasteiger partial charge in [-0.15, -0.1) is 0 Å². The number of ether oxygens (including phenoxy) is 1. The van der Waals surface area contributed by atoms with Crippen LogP contribution in [0.25, 0.3) is 10.8 Å². The first-order chi connectivity index (χ1) is 9.80. The SMILES string of the molecule is COc1ccc2cc([C@H](C)C(=O)OP(=O)(O)O)ccc2c1.